The zero-order valence-electron chi connectivity index (χ0n) is 11.2. The molecular weight excluding hydrogens is 320 g/mol. The molecule has 0 unspecified atom stereocenters. The summed E-state index contributed by atoms with van der Waals surface area (Å²) in [6, 6.07) is 10.9. The van der Waals surface area contributed by atoms with Gasteiger partial charge in [0, 0.05) is 10.2 Å². The lowest BCUT2D eigenvalue weighted by Crippen LogP contribution is -2.04. The van der Waals surface area contributed by atoms with E-state index in [-0.39, 0.29) is 0 Å². The van der Waals surface area contributed by atoms with E-state index in [4.69, 9.17) is 10.5 Å². The number of hydrogen-bond acceptors (Lipinski definition) is 4. The summed E-state index contributed by atoms with van der Waals surface area (Å²) in [6.45, 7) is 2.00. The fourth-order valence-corrected chi connectivity index (χ4v) is 2.48. The second kappa shape index (κ2) is 5.96. The molecule has 20 heavy (non-hydrogen) atoms. The highest BCUT2D eigenvalue weighted by Crippen LogP contribution is 2.27. The van der Waals surface area contributed by atoms with Crippen LogP contribution in [-0.4, -0.2) is 13.1 Å². The largest absolute Gasteiger partial charge is 0.465 e. The first-order valence-corrected chi connectivity index (χ1v) is 6.81. The minimum atomic E-state index is -0.390. The lowest BCUT2D eigenvalue weighted by molar-refractivity contribution is 0.0601. The van der Waals surface area contributed by atoms with Crippen molar-refractivity contribution in [1.82, 2.24) is 0 Å². The second-order valence-corrected chi connectivity index (χ2v) is 5.35. The Balaban J connectivity index is 2.34. The fraction of sp³-hybridized carbons (Fsp3) is 0.133. The van der Waals surface area contributed by atoms with Crippen LogP contribution in [0.5, 0.6) is 0 Å². The molecule has 2 rings (SSSR count). The highest BCUT2D eigenvalue weighted by atomic mass is 79.9. The van der Waals surface area contributed by atoms with Gasteiger partial charge in [0.15, 0.2) is 0 Å². The van der Waals surface area contributed by atoms with Crippen molar-refractivity contribution in [2.45, 2.75) is 6.92 Å². The Kier molecular flexibility index (Phi) is 4.29. The van der Waals surface area contributed by atoms with E-state index in [9.17, 15) is 4.79 Å². The van der Waals surface area contributed by atoms with E-state index in [0.717, 1.165) is 15.7 Å². The van der Waals surface area contributed by atoms with Gasteiger partial charge in [-0.2, -0.15) is 0 Å². The van der Waals surface area contributed by atoms with Crippen LogP contribution in [0.2, 0.25) is 0 Å². The topological polar surface area (TPSA) is 64.3 Å². The van der Waals surface area contributed by atoms with E-state index in [1.807, 2.05) is 25.1 Å². The summed E-state index contributed by atoms with van der Waals surface area (Å²) in [5, 5.41) is 3.21. The van der Waals surface area contributed by atoms with Crippen molar-refractivity contribution < 1.29 is 9.53 Å². The lowest BCUT2D eigenvalue weighted by Gasteiger charge is -2.12. The summed E-state index contributed by atoms with van der Waals surface area (Å²) in [5.41, 5.74) is 9.63. The first kappa shape index (κ1) is 14.4. The molecule has 0 aliphatic heterocycles. The molecule has 5 heteroatoms. The smallest absolute Gasteiger partial charge is 0.337 e. The normalized spacial score (nSPS) is 10.2. The second-order valence-electron chi connectivity index (χ2n) is 4.44. The number of anilines is 3. The van der Waals surface area contributed by atoms with Crippen LogP contribution in [0.25, 0.3) is 0 Å². The van der Waals surface area contributed by atoms with Crippen molar-refractivity contribution in [2.24, 2.45) is 0 Å². The molecule has 0 saturated heterocycles. The number of benzene rings is 2. The molecule has 0 radical (unpaired) electrons. The number of rotatable bonds is 3. The van der Waals surface area contributed by atoms with E-state index in [2.05, 4.69) is 21.2 Å². The van der Waals surface area contributed by atoms with Gasteiger partial charge in [-0.25, -0.2) is 4.79 Å². The minimum absolute atomic E-state index is 0.390. The Morgan fingerprint density at radius 1 is 1.25 bits per heavy atom. The summed E-state index contributed by atoms with van der Waals surface area (Å²) in [7, 11) is 1.35. The quantitative estimate of drug-likeness (QED) is 0.660. The zero-order valence-corrected chi connectivity index (χ0v) is 12.8. The number of carbonyl (C=O) groups is 1. The van der Waals surface area contributed by atoms with Crippen molar-refractivity contribution in [3.8, 4) is 0 Å². The van der Waals surface area contributed by atoms with Crippen LogP contribution in [0.1, 0.15) is 15.9 Å². The predicted octanol–water partition coefficient (Wildman–Crippen LogP) is 3.87. The van der Waals surface area contributed by atoms with Gasteiger partial charge in [-0.15, -0.1) is 0 Å². The highest BCUT2D eigenvalue weighted by Gasteiger charge is 2.09. The number of nitrogen functional groups attached to an aromatic ring is 1. The number of nitrogens with two attached hydrogens (primary N) is 1. The molecule has 2 aromatic carbocycles. The molecule has 0 heterocycles. The number of methoxy groups -OCH3 is 1. The Morgan fingerprint density at radius 2 is 2.00 bits per heavy atom. The monoisotopic (exact) mass is 334 g/mol. The maximum atomic E-state index is 11.5. The number of ether oxygens (including phenoxy) is 1. The average Bonchev–Trinajstić information content (AvgIpc) is 2.39. The van der Waals surface area contributed by atoms with Gasteiger partial charge in [0.1, 0.15) is 0 Å². The first-order valence-electron chi connectivity index (χ1n) is 6.01. The molecule has 104 valence electrons. The molecule has 0 saturated carbocycles. The van der Waals surface area contributed by atoms with Gasteiger partial charge < -0.3 is 15.8 Å². The number of carbonyl (C=O) groups excluding carboxylic acids is 1. The number of hydrogen-bond donors (Lipinski definition) is 2. The van der Waals surface area contributed by atoms with Crippen molar-refractivity contribution >= 4 is 39.0 Å². The van der Waals surface area contributed by atoms with Gasteiger partial charge in [-0.1, -0.05) is 15.9 Å². The van der Waals surface area contributed by atoms with Crippen molar-refractivity contribution in [1.29, 1.82) is 0 Å². The Hall–Kier alpha value is -2.01. The molecule has 0 aliphatic carbocycles. The van der Waals surface area contributed by atoms with Crippen LogP contribution >= 0.6 is 15.9 Å². The molecular formula is C15H15BrN2O2. The van der Waals surface area contributed by atoms with Crippen LogP contribution in [-0.2, 0) is 4.74 Å². The van der Waals surface area contributed by atoms with Crippen LogP contribution in [0, 0.1) is 6.92 Å². The Labute approximate surface area is 126 Å². The van der Waals surface area contributed by atoms with Crippen LogP contribution < -0.4 is 11.1 Å². The zero-order chi connectivity index (χ0) is 14.7. The van der Waals surface area contributed by atoms with Crippen LogP contribution in [0.3, 0.4) is 0 Å². The van der Waals surface area contributed by atoms with Gasteiger partial charge in [-0.3, -0.25) is 0 Å². The third kappa shape index (κ3) is 3.30. The SMILES string of the molecule is COC(=O)c1ccc(N)c(Nc2cc(C)cc(Br)c2)c1. The molecule has 0 aliphatic rings. The molecule has 2 aromatic rings. The summed E-state index contributed by atoms with van der Waals surface area (Å²) in [5.74, 6) is -0.390. The molecule has 0 fully saturated rings. The standard InChI is InChI=1S/C15H15BrN2O2/c1-9-5-11(16)8-12(6-9)18-14-7-10(15(19)20-2)3-4-13(14)17/h3-8,18H,17H2,1-2H3. The van der Waals surface area contributed by atoms with Crippen molar-refractivity contribution in [2.75, 3.05) is 18.2 Å². The van der Waals surface area contributed by atoms with E-state index >= 15 is 0 Å². The van der Waals surface area contributed by atoms with Gasteiger partial charge in [0.05, 0.1) is 24.0 Å². The first-order chi connectivity index (χ1) is 9.49. The molecule has 0 amide bonds. The van der Waals surface area contributed by atoms with E-state index in [1.165, 1.54) is 7.11 Å². The fourth-order valence-electron chi connectivity index (χ4n) is 1.87. The highest BCUT2D eigenvalue weighted by molar-refractivity contribution is 9.10. The lowest BCUT2D eigenvalue weighted by atomic mass is 10.1. The minimum Gasteiger partial charge on any atom is -0.465 e. The number of aryl methyl sites for hydroxylation is 1. The van der Waals surface area contributed by atoms with Gasteiger partial charge in [-0.05, 0) is 48.9 Å². The summed E-state index contributed by atoms with van der Waals surface area (Å²) >= 11 is 3.45. The maximum absolute atomic E-state index is 11.5. The average molecular weight is 335 g/mol. The maximum Gasteiger partial charge on any atom is 0.337 e. The molecule has 0 spiro atoms. The third-order valence-corrected chi connectivity index (χ3v) is 3.25. The number of halogens is 1. The van der Waals surface area contributed by atoms with Gasteiger partial charge >= 0.3 is 5.97 Å². The van der Waals surface area contributed by atoms with E-state index < -0.39 is 5.97 Å². The molecule has 4 nitrogen and oxygen atoms in total. The predicted molar refractivity (Wildman–Crippen MR) is 84.4 cm³/mol. The number of nitrogens with one attached hydrogen (secondary N) is 1. The van der Waals surface area contributed by atoms with Gasteiger partial charge in [0.25, 0.3) is 0 Å². The Bertz CT molecular complexity index is 636. The molecule has 3 N–H and O–H groups in total. The molecule has 0 aromatic heterocycles. The molecule has 0 bridgehead atoms. The van der Waals surface area contributed by atoms with Crippen molar-refractivity contribution in [3.05, 3.63) is 52.0 Å². The summed E-state index contributed by atoms with van der Waals surface area (Å²) < 4.78 is 5.68. The Morgan fingerprint density at radius 3 is 2.65 bits per heavy atom. The molecule has 0 atom stereocenters. The van der Waals surface area contributed by atoms with E-state index in [0.29, 0.717) is 16.9 Å². The van der Waals surface area contributed by atoms with Gasteiger partial charge in [0.2, 0.25) is 0 Å². The summed E-state index contributed by atoms with van der Waals surface area (Å²) in [4.78, 5) is 11.5. The number of esters is 1. The third-order valence-electron chi connectivity index (χ3n) is 2.80. The van der Waals surface area contributed by atoms with E-state index in [1.54, 1.807) is 18.2 Å². The van der Waals surface area contributed by atoms with Crippen LogP contribution in [0.4, 0.5) is 17.1 Å². The van der Waals surface area contributed by atoms with Crippen molar-refractivity contribution in [3.63, 3.8) is 0 Å². The van der Waals surface area contributed by atoms with Crippen LogP contribution in [0.15, 0.2) is 40.9 Å². The summed E-state index contributed by atoms with van der Waals surface area (Å²) in [6.07, 6.45) is 0.